The zero-order valence-corrected chi connectivity index (χ0v) is 12.8. The normalized spacial score (nSPS) is 12.3. The molecule has 0 aliphatic rings. The number of aryl methyl sites for hydroxylation is 2. The topological polar surface area (TPSA) is 58.0 Å². The molecule has 20 heavy (non-hydrogen) atoms. The van der Waals surface area contributed by atoms with E-state index in [0.717, 1.165) is 24.1 Å². The van der Waals surface area contributed by atoms with Crippen molar-refractivity contribution < 1.29 is 5.11 Å². The summed E-state index contributed by atoms with van der Waals surface area (Å²) in [5, 5.41) is 16.9. The van der Waals surface area contributed by atoms with Crippen LogP contribution in [0.15, 0.2) is 23.0 Å². The first kappa shape index (κ1) is 14.9. The van der Waals surface area contributed by atoms with Crippen LogP contribution in [0, 0.1) is 12.8 Å². The van der Waals surface area contributed by atoms with E-state index < -0.39 is 0 Å². The van der Waals surface area contributed by atoms with Crippen LogP contribution >= 0.6 is 11.3 Å². The van der Waals surface area contributed by atoms with Gasteiger partial charge in [0.05, 0.1) is 0 Å². The minimum absolute atomic E-state index is 0.162. The molecule has 1 unspecified atom stereocenters. The second-order valence-corrected chi connectivity index (χ2v) is 5.72. The summed E-state index contributed by atoms with van der Waals surface area (Å²) in [6.45, 7) is 4.95. The molecule has 0 amide bonds. The standard InChI is InChI=1S/C15H21N3OS/c1-3-14-11(2)7-16-15(18-14)17-8-13(9-19)6-12-4-5-20-10-12/h4-5,7,10,13,19H,3,6,8-9H2,1-2H3,(H,16,17,18). The molecule has 1 atom stereocenters. The second kappa shape index (κ2) is 7.36. The number of aliphatic hydroxyl groups excluding tert-OH is 1. The highest BCUT2D eigenvalue weighted by molar-refractivity contribution is 7.07. The number of aromatic nitrogens is 2. The Hall–Kier alpha value is -1.46. The van der Waals surface area contributed by atoms with Crippen molar-refractivity contribution in [3.8, 4) is 0 Å². The van der Waals surface area contributed by atoms with Crippen molar-refractivity contribution >= 4 is 17.3 Å². The number of nitrogens with zero attached hydrogens (tertiary/aromatic N) is 2. The van der Waals surface area contributed by atoms with Gasteiger partial charge < -0.3 is 10.4 Å². The molecule has 2 rings (SSSR count). The largest absolute Gasteiger partial charge is 0.396 e. The SMILES string of the molecule is CCc1nc(NCC(CO)Cc2ccsc2)ncc1C. The van der Waals surface area contributed by atoms with Crippen molar-refractivity contribution in [2.24, 2.45) is 5.92 Å². The number of hydrogen-bond donors (Lipinski definition) is 2. The maximum Gasteiger partial charge on any atom is 0.222 e. The first-order chi connectivity index (χ1) is 9.72. The Morgan fingerprint density at radius 2 is 2.30 bits per heavy atom. The molecule has 4 nitrogen and oxygen atoms in total. The highest BCUT2D eigenvalue weighted by atomic mass is 32.1. The third kappa shape index (κ3) is 4.02. The fourth-order valence-corrected chi connectivity index (χ4v) is 2.78. The molecule has 2 heterocycles. The molecule has 2 N–H and O–H groups in total. The van der Waals surface area contributed by atoms with Gasteiger partial charge in [-0.1, -0.05) is 6.92 Å². The van der Waals surface area contributed by atoms with Crippen molar-refractivity contribution in [1.29, 1.82) is 0 Å². The molecule has 0 saturated carbocycles. The summed E-state index contributed by atoms with van der Waals surface area (Å²) in [4.78, 5) is 8.78. The van der Waals surface area contributed by atoms with Crippen LogP contribution in [0.5, 0.6) is 0 Å². The Morgan fingerprint density at radius 1 is 1.45 bits per heavy atom. The van der Waals surface area contributed by atoms with E-state index in [9.17, 15) is 5.11 Å². The van der Waals surface area contributed by atoms with Crippen LogP contribution in [0.4, 0.5) is 5.95 Å². The predicted octanol–water partition coefficient (Wildman–Crippen LogP) is 2.67. The lowest BCUT2D eigenvalue weighted by Crippen LogP contribution is -2.21. The number of hydrogen-bond acceptors (Lipinski definition) is 5. The van der Waals surface area contributed by atoms with E-state index >= 15 is 0 Å². The number of anilines is 1. The van der Waals surface area contributed by atoms with Gasteiger partial charge in [-0.3, -0.25) is 0 Å². The van der Waals surface area contributed by atoms with E-state index in [2.05, 4.69) is 39.0 Å². The van der Waals surface area contributed by atoms with Crippen LogP contribution in [0.25, 0.3) is 0 Å². The lowest BCUT2D eigenvalue weighted by molar-refractivity contribution is 0.232. The van der Waals surface area contributed by atoms with Crippen molar-refractivity contribution in [2.75, 3.05) is 18.5 Å². The average molecular weight is 291 g/mol. The van der Waals surface area contributed by atoms with Gasteiger partial charge in [0.25, 0.3) is 0 Å². The maximum atomic E-state index is 9.47. The van der Waals surface area contributed by atoms with Gasteiger partial charge >= 0.3 is 0 Å². The summed E-state index contributed by atoms with van der Waals surface area (Å²) in [5.41, 5.74) is 3.46. The van der Waals surface area contributed by atoms with Gasteiger partial charge in [-0.2, -0.15) is 11.3 Å². The average Bonchev–Trinajstić information content (AvgIpc) is 2.97. The molecule has 0 saturated heterocycles. The molecule has 5 heteroatoms. The first-order valence-corrected chi connectivity index (χ1v) is 7.85. The van der Waals surface area contributed by atoms with E-state index in [1.165, 1.54) is 5.56 Å². The Morgan fingerprint density at radius 3 is 2.95 bits per heavy atom. The Kier molecular flexibility index (Phi) is 5.49. The van der Waals surface area contributed by atoms with Crippen molar-refractivity contribution in [1.82, 2.24) is 9.97 Å². The molecule has 2 aromatic heterocycles. The molecule has 108 valence electrons. The highest BCUT2D eigenvalue weighted by Crippen LogP contribution is 2.13. The molecular formula is C15H21N3OS. The summed E-state index contributed by atoms with van der Waals surface area (Å²) in [5.74, 6) is 0.829. The number of aliphatic hydroxyl groups is 1. The third-order valence-electron chi connectivity index (χ3n) is 3.32. The number of nitrogens with one attached hydrogen (secondary N) is 1. The molecule has 2 aromatic rings. The second-order valence-electron chi connectivity index (χ2n) is 4.94. The summed E-state index contributed by atoms with van der Waals surface area (Å²) in [6, 6.07) is 2.10. The zero-order chi connectivity index (χ0) is 14.4. The van der Waals surface area contributed by atoms with Crippen LogP contribution in [0.2, 0.25) is 0 Å². The highest BCUT2D eigenvalue weighted by Gasteiger charge is 2.10. The minimum atomic E-state index is 0.162. The smallest absolute Gasteiger partial charge is 0.222 e. The van der Waals surface area contributed by atoms with Crippen LogP contribution < -0.4 is 5.32 Å². The molecule has 0 aliphatic heterocycles. The molecular weight excluding hydrogens is 270 g/mol. The van der Waals surface area contributed by atoms with E-state index in [0.29, 0.717) is 12.5 Å². The summed E-state index contributed by atoms with van der Waals surface area (Å²) < 4.78 is 0. The molecule has 0 radical (unpaired) electrons. The monoisotopic (exact) mass is 291 g/mol. The third-order valence-corrected chi connectivity index (χ3v) is 4.06. The van der Waals surface area contributed by atoms with Gasteiger partial charge in [-0.25, -0.2) is 9.97 Å². The quantitative estimate of drug-likeness (QED) is 0.823. The molecule has 0 spiro atoms. The molecule has 0 aromatic carbocycles. The Labute approximate surface area is 123 Å². The Balaban J connectivity index is 1.92. The van der Waals surface area contributed by atoms with Crippen molar-refractivity contribution in [3.05, 3.63) is 39.8 Å². The van der Waals surface area contributed by atoms with E-state index in [1.54, 1.807) is 11.3 Å². The first-order valence-electron chi connectivity index (χ1n) is 6.91. The summed E-state index contributed by atoms with van der Waals surface area (Å²) in [7, 11) is 0. The van der Waals surface area contributed by atoms with Crippen LogP contribution in [0.1, 0.15) is 23.7 Å². The lowest BCUT2D eigenvalue weighted by atomic mass is 10.0. The van der Waals surface area contributed by atoms with E-state index in [4.69, 9.17) is 0 Å². The Bertz CT molecular complexity index is 528. The van der Waals surface area contributed by atoms with Gasteiger partial charge in [-0.15, -0.1) is 0 Å². The predicted molar refractivity (Wildman–Crippen MR) is 83.2 cm³/mol. The molecule has 0 fully saturated rings. The van der Waals surface area contributed by atoms with Crippen molar-refractivity contribution in [2.45, 2.75) is 26.7 Å². The van der Waals surface area contributed by atoms with Crippen LogP contribution in [-0.2, 0) is 12.8 Å². The minimum Gasteiger partial charge on any atom is -0.396 e. The molecule has 0 bridgehead atoms. The zero-order valence-electron chi connectivity index (χ0n) is 12.0. The van der Waals surface area contributed by atoms with E-state index in [1.807, 2.05) is 13.1 Å². The summed E-state index contributed by atoms with van der Waals surface area (Å²) in [6.07, 6.45) is 3.63. The van der Waals surface area contributed by atoms with Crippen LogP contribution in [0.3, 0.4) is 0 Å². The van der Waals surface area contributed by atoms with Gasteiger partial charge in [0.15, 0.2) is 0 Å². The number of thiophene rings is 1. The summed E-state index contributed by atoms with van der Waals surface area (Å²) >= 11 is 1.69. The maximum absolute atomic E-state index is 9.47. The van der Waals surface area contributed by atoms with Crippen molar-refractivity contribution in [3.63, 3.8) is 0 Å². The van der Waals surface area contributed by atoms with E-state index in [-0.39, 0.29) is 12.5 Å². The molecule has 0 aliphatic carbocycles. The van der Waals surface area contributed by atoms with Gasteiger partial charge in [0, 0.05) is 31.0 Å². The fourth-order valence-electron chi connectivity index (χ4n) is 2.10. The fraction of sp³-hybridized carbons (Fsp3) is 0.467. The van der Waals surface area contributed by atoms with Gasteiger partial charge in [0.2, 0.25) is 5.95 Å². The van der Waals surface area contributed by atoms with Gasteiger partial charge in [0.1, 0.15) is 0 Å². The number of rotatable bonds is 7. The van der Waals surface area contributed by atoms with Gasteiger partial charge in [-0.05, 0) is 47.7 Å². The lowest BCUT2D eigenvalue weighted by Gasteiger charge is -2.15. The van der Waals surface area contributed by atoms with Crippen LogP contribution in [-0.4, -0.2) is 28.2 Å².